The summed E-state index contributed by atoms with van der Waals surface area (Å²) in [6, 6.07) is 0.581. The number of aryl methyl sites for hydroxylation is 2. The van der Waals surface area contributed by atoms with Crippen LogP contribution in [0.15, 0.2) is 0 Å². The summed E-state index contributed by atoms with van der Waals surface area (Å²) >= 11 is 0. The lowest BCUT2D eigenvalue weighted by Crippen LogP contribution is -2.35. The van der Waals surface area contributed by atoms with Crippen LogP contribution in [0.4, 0.5) is 5.69 Å². The highest BCUT2D eigenvalue weighted by Crippen LogP contribution is 2.31. The van der Waals surface area contributed by atoms with Gasteiger partial charge in [-0.15, -0.1) is 0 Å². The number of nitrogens with zero attached hydrogens (tertiary/aromatic N) is 3. The molecule has 14 heavy (non-hydrogen) atoms. The topological polar surface area (TPSA) is 21.1 Å². The van der Waals surface area contributed by atoms with Gasteiger partial charge in [0.15, 0.2) is 0 Å². The normalized spacial score (nSPS) is 16.2. The van der Waals surface area contributed by atoms with E-state index < -0.39 is 0 Å². The molecule has 0 spiro atoms. The predicted molar refractivity (Wildman–Crippen MR) is 58.7 cm³/mol. The lowest BCUT2D eigenvalue weighted by Gasteiger charge is -2.33. The summed E-state index contributed by atoms with van der Waals surface area (Å²) in [5, 5.41) is 4.50. The lowest BCUT2D eigenvalue weighted by atomic mass is 10.1. The van der Waals surface area contributed by atoms with Crippen molar-refractivity contribution in [2.24, 2.45) is 7.05 Å². The SMILES string of the molecule is Cc1nn(C)c2c1N(C(C)C)CCC2. The van der Waals surface area contributed by atoms with E-state index >= 15 is 0 Å². The van der Waals surface area contributed by atoms with Crippen LogP contribution in [0.1, 0.15) is 31.7 Å². The lowest BCUT2D eigenvalue weighted by molar-refractivity contribution is 0.600. The van der Waals surface area contributed by atoms with E-state index in [2.05, 4.69) is 37.8 Å². The molecule has 3 heteroatoms. The van der Waals surface area contributed by atoms with Gasteiger partial charge in [0, 0.05) is 19.6 Å². The molecule has 0 saturated carbocycles. The quantitative estimate of drug-likeness (QED) is 0.679. The van der Waals surface area contributed by atoms with Gasteiger partial charge in [0.05, 0.1) is 17.1 Å². The molecule has 2 rings (SSSR count). The molecule has 2 heterocycles. The minimum Gasteiger partial charge on any atom is -0.366 e. The van der Waals surface area contributed by atoms with Gasteiger partial charge in [-0.25, -0.2) is 0 Å². The van der Waals surface area contributed by atoms with Crippen LogP contribution >= 0.6 is 0 Å². The Labute approximate surface area is 85.7 Å². The highest BCUT2D eigenvalue weighted by atomic mass is 15.3. The van der Waals surface area contributed by atoms with Crippen LogP contribution in [0.3, 0.4) is 0 Å². The molecule has 0 amide bonds. The van der Waals surface area contributed by atoms with E-state index in [9.17, 15) is 0 Å². The van der Waals surface area contributed by atoms with Crippen molar-refractivity contribution in [1.29, 1.82) is 0 Å². The van der Waals surface area contributed by atoms with E-state index in [1.54, 1.807) is 0 Å². The molecule has 1 aromatic heterocycles. The van der Waals surface area contributed by atoms with Crippen LogP contribution < -0.4 is 4.90 Å². The molecule has 0 unspecified atom stereocenters. The Morgan fingerprint density at radius 1 is 1.36 bits per heavy atom. The van der Waals surface area contributed by atoms with Crippen LogP contribution in [0.25, 0.3) is 0 Å². The fourth-order valence-corrected chi connectivity index (χ4v) is 2.39. The van der Waals surface area contributed by atoms with Gasteiger partial charge in [0.25, 0.3) is 0 Å². The summed E-state index contributed by atoms with van der Waals surface area (Å²) in [5.74, 6) is 0. The number of anilines is 1. The summed E-state index contributed by atoms with van der Waals surface area (Å²) in [5.41, 5.74) is 3.96. The van der Waals surface area contributed by atoms with Crippen molar-refractivity contribution in [3.63, 3.8) is 0 Å². The Hall–Kier alpha value is -0.990. The molecule has 1 aliphatic heterocycles. The Kier molecular flexibility index (Phi) is 2.25. The van der Waals surface area contributed by atoms with Crippen molar-refractivity contribution in [3.8, 4) is 0 Å². The molecule has 0 aliphatic carbocycles. The fourth-order valence-electron chi connectivity index (χ4n) is 2.39. The number of rotatable bonds is 1. The highest BCUT2D eigenvalue weighted by molar-refractivity contribution is 5.57. The molecule has 1 aromatic rings. The molecule has 0 aromatic carbocycles. The van der Waals surface area contributed by atoms with Crippen LogP contribution in [-0.4, -0.2) is 22.4 Å². The molecular formula is C11H19N3. The Bertz CT molecular complexity index is 339. The standard InChI is InChI=1S/C11H19N3/c1-8(2)14-7-5-6-10-11(14)9(3)12-13(10)4/h8H,5-7H2,1-4H3. The maximum absolute atomic E-state index is 4.50. The van der Waals surface area contributed by atoms with Gasteiger partial charge in [-0.05, 0) is 33.6 Å². The molecule has 78 valence electrons. The Balaban J connectivity index is 2.48. The third-order valence-corrected chi connectivity index (χ3v) is 3.03. The highest BCUT2D eigenvalue weighted by Gasteiger charge is 2.24. The van der Waals surface area contributed by atoms with E-state index in [1.807, 2.05) is 4.68 Å². The van der Waals surface area contributed by atoms with Gasteiger partial charge < -0.3 is 4.90 Å². The minimum absolute atomic E-state index is 0.581. The van der Waals surface area contributed by atoms with Gasteiger partial charge in [-0.2, -0.15) is 5.10 Å². The summed E-state index contributed by atoms with van der Waals surface area (Å²) in [6.07, 6.45) is 2.43. The minimum atomic E-state index is 0.581. The zero-order chi connectivity index (χ0) is 10.3. The first-order valence-corrected chi connectivity index (χ1v) is 5.40. The Morgan fingerprint density at radius 3 is 2.71 bits per heavy atom. The molecule has 0 fully saturated rings. The average molecular weight is 193 g/mol. The number of hydrogen-bond acceptors (Lipinski definition) is 2. The number of hydrogen-bond donors (Lipinski definition) is 0. The van der Waals surface area contributed by atoms with Crippen molar-refractivity contribution in [1.82, 2.24) is 9.78 Å². The first kappa shape index (κ1) is 9.56. The second-order valence-corrected chi connectivity index (χ2v) is 4.40. The van der Waals surface area contributed by atoms with Crippen LogP contribution in [0, 0.1) is 6.92 Å². The maximum atomic E-state index is 4.50. The first-order valence-electron chi connectivity index (χ1n) is 5.40. The monoisotopic (exact) mass is 193 g/mol. The second kappa shape index (κ2) is 3.30. The number of aromatic nitrogens is 2. The van der Waals surface area contributed by atoms with Crippen molar-refractivity contribution >= 4 is 5.69 Å². The average Bonchev–Trinajstić information content (AvgIpc) is 2.43. The number of fused-ring (bicyclic) bond motifs is 1. The molecule has 0 N–H and O–H groups in total. The first-order chi connectivity index (χ1) is 6.61. The fraction of sp³-hybridized carbons (Fsp3) is 0.727. The Morgan fingerprint density at radius 2 is 2.07 bits per heavy atom. The van der Waals surface area contributed by atoms with Gasteiger partial charge in [-0.1, -0.05) is 0 Å². The zero-order valence-electron chi connectivity index (χ0n) is 9.54. The van der Waals surface area contributed by atoms with Crippen LogP contribution in [-0.2, 0) is 13.5 Å². The van der Waals surface area contributed by atoms with Gasteiger partial charge in [0.1, 0.15) is 0 Å². The smallest absolute Gasteiger partial charge is 0.0830 e. The summed E-state index contributed by atoms with van der Waals surface area (Å²) in [7, 11) is 2.05. The van der Waals surface area contributed by atoms with E-state index in [1.165, 1.54) is 36.5 Å². The molecule has 0 atom stereocenters. The van der Waals surface area contributed by atoms with Crippen molar-refractivity contribution in [2.45, 2.75) is 39.7 Å². The van der Waals surface area contributed by atoms with Crippen molar-refractivity contribution < 1.29 is 0 Å². The summed E-state index contributed by atoms with van der Waals surface area (Å²) < 4.78 is 2.04. The third kappa shape index (κ3) is 1.31. The third-order valence-electron chi connectivity index (χ3n) is 3.03. The van der Waals surface area contributed by atoms with Gasteiger partial charge >= 0.3 is 0 Å². The molecular weight excluding hydrogens is 174 g/mol. The molecule has 3 nitrogen and oxygen atoms in total. The largest absolute Gasteiger partial charge is 0.366 e. The van der Waals surface area contributed by atoms with Gasteiger partial charge in [-0.3, -0.25) is 4.68 Å². The van der Waals surface area contributed by atoms with Crippen molar-refractivity contribution in [2.75, 3.05) is 11.4 Å². The summed E-state index contributed by atoms with van der Waals surface area (Å²) in [4.78, 5) is 2.47. The van der Waals surface area contributed by atoms with Gasteiger partial charge in [0.2, 0.25) is 0 Å². The zero-order valence-corrected chi connectivity index (χ0v) is 9.54. The van der Waals surface area contributed by atoms with E-state index in [0.29, 0.717) is 6.04 Å². The predicted octanol–water partition coefficient (Wildman–Crippen LogP) is 1.89. The maximum Gasteiger partial charge on any atom is 0.0830 e. The second-order valence-electron chi connectivity index (χ2n) is 4.40. The van der Waals surface area contributed by atoms with E-state index in [-0.39, 0.29) is 0 Å². The molecule has 0 radical (unpaired) electrons. The van der Waals surface area contributed by atoms with Crippen LogP contribution in [0.5, 0.6) is 0 Å². The molecule has 1 aliphatic rings. The summed E-state index contributed by atoms with van der Waals surface area (Å²) in [6.45, 7) is 7.79. The molecule has 0 bridgehead atoms. The van der Waals surface area contributed by atoms with Crippen molar-refractivity contribution in [3.05, 3.63) is 11.4 Å². The van der Waals surface area contributed by atoms with E-state index in [4.69, 9.17) is 0 Å². The van der Waals surface area contributed by atoms with E-state index in [0.717, 1.165) is 0 Å². The van der Waals surface area contributed by atoms with Crippen LogP contribution in [0.2, 0.25) is 0 Å². The molecule has 0 saturated heterocycles.